The van der Waals surface area contributed by atoms with Crippen molar-refractivity contribution in [3.63, 3.8) is 0 Å². The van der Waals surface area contributed by atoms with Crippen LogP contribution >= 0.6 is 15.9 Å². The number of nitrogens with one attached hydrogen (secondary N) is 1. The van der Waals surface area contributed by atoms with Crippen molar-refractivity contribution < 1.29 is 13.9 Å². The standard InChI is InChI=1S/C16H15BrFNO2/c1-21-10-12-7-6-11(8-15(12)18)9-19-16(20)13-4-2-3-5-14(13)17/h2-8H,9-10H2,1H3,(H,19,20). The molecule has 0 heterocycles. The molecule has 0 bridgehead atoms. The van der Waals surface area contributed by atoms with Gasteiger partial charge in [-0.1, -0.05) is 24.3 Å². The van der Waals surface area contributed by atoms with Crippen molar-refractivity contribution in [2.45, 2.75) is 13.2 Å². The fraction of sp³-hybridized carbons (Fsp3) is 0.188. The Morgan fingerprint density at radius 2 is 2.05 bits per heavy atom. The Kier molecular flexibility index (Phi) is 5.47. The minimum Gasteiger partial charge on any atom is -0.380 e. The Bertz CT molecular complexity index is 646. The Hall–Kier alpha value is -1.72. The molecule has 5 heteroatoms. The van der Waals surface area contributed by atoms with Gasteiger partial charge in [0.25, 0.3) is 5.91 Å². The largest absolute Gasteiger partial charge is 0.380 e. The number of rotatable bonds is 5. The van der Waals surface area contributed by atoms with E-state index < -0.39 is 0 Å². The second-order valence-corrected chi connectivity index (χ2v) is 5.38. The maximum Gasteiger partial charge on any atom is 0.252 e. The second-order valence-electron chi connectivity index (χ2n) is 4.52. The van der Waals surface area contributed by atoms with Gasteiger partial charge in [0.2, 0.25) is 0 Å². The summed E-state index contributed by atoms with van der Waals surface area (Å²) in [5.74, 6) is -0.534. The summed E-state index contributed by atoms with van der Waals surface area (Å²) in [5.41, 5.74) is 1.75. The van der Waals surface area contributed by atoms with Gasteiger partial charge in [-0.3, -0.25) is 4.79 Å². The maximum absolute atomic E-state index is 13.7. The highest BCUT2D eigenvalue weighted by atomic mass is 79.9. The third kappa shape index (κ3) is 4.12. The molecule has 0 saturated heterocycles. The summed E-state index contributed by atoms with van der Waals surface area (Å²) in [7, 11) is 1.52. The molecule has 2 rings (SSSR count). The van der Waals surface area contributed by atoms with Crippen molar-refractivity contribution in [2.24, 2.45) is 0 Å². The fourth-order valence-corrected chi connectivity index (χ4v) is 2.36. The van der Waals surface area contributed by atoms with Gasteiger partial charge in [0.05, 0.1) is 12.2 Å². The zero-order chi connectivity index (χ0) is 15.2. The molecule has 0 aliphatic carbocycles. The highest BCUT2D eigenvalue weighted by Gasteiger charge is 2.09. The van der Waals surface area contributed by atoms with Gasteiger partial charge in [0, 0.05) is 23.7 Å². The maximum atomic E-state index is 13.7. The predicted molar refractivity (Wildman–Crippen MR) is 82.4 cm³/mol. The highest BCUT2D eigenvalue weighted by Crippen LogP contribution is 2.16. The van der Waals surface area contributed by atoms with Crippen LogP contribution in [0.5, 0.6) is 0 Å². The minimum atomic E-state index is -0.329. The van der Waals surface area contributed by atoms with E-state index in [0.29, 0.717) is 16.7 Å². The van der Waals surface area contributed by atoms with E-state index >= 15 is 0 Å². The molecule has 0 atom stereocenters. The van der Waals surface area contributed by atoms with Crippen molar-refractivity contribution in [3.8, 4) is 0 Å². The van der Waals surface area contributed by atoms with Gasteiger partial charge in [-0.2, -0.15) is 0 Å². The second kappa shape index (κ2) is 7.33. The number of ether oxygens (including phenoxy) is 1. The summed E-state index contributed by atoms with van der Waals surface area (Å²) in [6.45, 7) is 0.500. The monoisotopic (exact) mass is 351 g/mol. The van der Waals surface area contributed by atoms with Crippen molar-refractivity contribution in [1.29, 1.82) is 0 Å². The van der Waals surface area contributed by atoms with Crippen LogP contribution in [0.25, 0.3) is 0 Å². The number of halogens is 2. The SMILES string of the molecule is COCc1ccc(CNC(=O)c2ccccc2Br)cc1F. The van der Waals surface area contributed by atoms with Crippen LogP contribution in [0, 0.1) is 5.82 Å². The van der Waals surface area contributed by atoms with Gasteiger partial charge in [0.15, 0.2) is 0 Å². The molecule has 110 valence electrons. The third-order valence-electron chi connectivity index (χ3n) is 2.99. The fourth-order valence-electron chi connectivity index (χ4n) is 1.90. The molecular formula is C16H15BrFNO2. The van der Waals surface area contributed by atoms with Gasteiger partial charge in [-0.15, -0.1) is 0 Å². The number of hydrogen-bond donors (Lipinski definition) is 1. The van der Waals surface area contributed by atoms with Crippen molar-refractivity contribution in [3.05, 3.63) is 69.4 Å². The normalized spacial score (nSPS) is 10.4. The summed E-state index contributed by atoms with van der Waals surface area (Å²) < 4.78 is 19.4. The average Bonchev–Trinajstić information content (AvgIpc) is 2.48. The molecule has 0 radical (unpaired) electrons. The first-order chi connectivity index (χ1) is 10.1. The van der Waals surface area contributed by atoms with Crippen LogP contribution in [0.3, 0.4) is 0 Å². The zero-order valence-electron chi connectivity index (χ0n) is 11.5. The molecule has 21 heavy (non-hydrogen) atoms. The van der Waals surface area contributed by atoms with E-state index in [0.717, 1.165) is 4.47 Å². The topological polar surface area (TPSA) is 38.3 Å². The average molecular weight is 352 g/mol. The number of amides is 1. The molecule has 1 N–H and O–H groups in total. The van der Waals surface area contributed by atoms with Crippen molar-refractivity contribution >= 4 is 21.8 Å². The molecule has 0 aromatic heterocycles. The third-order valence-corrected chi connectivity index (χ3v) is 3.68. The van der Waals surface area contributed by atoms with Crippen LogP contribution in [-0.4, -0.2) is 13.0 Å². The first-order valence-electron chi connectivity index (χ1n) is 6.41. The number of carbonyl (C=O) groups excluding carboxylic acids is 1. The Morgan fingerprint density at radius 3 is 2.71 bits per heavy atom. The van der Waals surface area contributed by atoms with Crippen LogP contribution in [0.2, 0.25) is 0 Å². The van der Waals surface area contributed by atoms with E-state index in [1.807, 2.05) is 6.07 Å². The van der Waals surface area contributed by atoms with E-state index in [1.54, 1.807) is 30.3 Å². The summed E-state index contributed by atoms with van der Waals surface area (Å²) in [6.07, 6.45) is 0. The van der Waals surface area contributed by atoms with Gasteiger partial charge >= 0.3 is 0 Å². The van der Waals surface area contributed by atoms with E-state index in [1.165, 1.54) is 13.2 Å². The lowest BCUT2D eigenvalue weighted by atomic mass is 10.1. The van der Waals surface area contributed by atoms with E-state index in [4.69, 9.17) is 4.74 Å². The van der Waals surface area contributed by atoms with Crippen LogP contribution < -0.4 is 5.32 Å². The molecule has 2 aromatic carbocycles. The molecule has 1 amide bonds. The Labute approximate surface area is 131 Å². The number of carbonyl (C=O) groups is 1. The quantitative estimate of drug-likeness (QED) is 0.892. The van der Waals surface area contributed by atoms with Crippen molar-refractivity contribution in [2.75, 3.05) is 7.11 Å². The highest BCUT2D eigenvalue weighted by molar-refractivity contribution is 9.10. The van der Waals surface area contributed by atoms with E-state index in [2.05, 4.69) is 21.2 Å². The van der Waals surface area contributed by atoms with Gasteiger partial charge in [-0.25, -0.2) is 4.39 Å². The molecule has 0 aliphatic rings. The predicted octanol–water partition coefficient (Wildman–Crippen LogP) is 3.66. The molecule has 0 fully saturated rings. The summed E-state index contributed by atoms with van der Waals surface area (Å²) in [5, 5.41) is 2.77. The smallest absolute Gasteiger partial charge is 0.252 e. The summed E-state index contributed by atoms with van der Waals surface area (Å²) in [6, 6.07) is 12.0. The number of hydrogen-bond acceptors (Lipinski definition) is 2. The van der Waals surface area contributed by atoms with Gasteiger partial charge < -0.3 is 10.1 Å². The Morgan fingerprint density at radius 1 is 1.29 bits per heavy atom. The van der Waals surface area contributed by atoms with E-state index in [9.17, 15) is 9.18 Å². The van der Waals surface area contributed by atoms with E-state index in [-0.39, 0.29) is 24.9 Å². The lowest BCUT2D eigenvalue weighted by molar-refractivity contribution is 0.0950. The Balaban J connectivity index is 2.02. The molecule has 0 unspecified atom stereocenters. The number of methoxy groups -OCH3 is 1. The van der Waals surface area contributed by atoms with Gasteiger partial charge in [0.1, 0.15) is 5.82 Å². The first kappa shape index (κ1) is 15.7. The van der Waals surface area contributed by atoms with Crippen LogP contribution in [0.15, 0.2) is 46.9 Å². The van der Waals surface area contributed by atoms with Crippen LogP contribution in [0.4, 0.5) is 4.39 Å². The molecule has 0 saturated carbocycles. The molecule has 0 spiro atoms. The molecule has 0 aliphatic heterocycles. The molecular weight excluding hydrogens is 337 g/mol. The zero-order valence-corrected chi connectivity index (χ0v) is 13.1. The molecule has 2 aromatic rings. The summed E-state index contributed by atoms with van der Waals surface area (Å²) >= 11 is 3.33. The molecule has 3 nitrogen and oxygen atoms in total. The minimum absolute atomic E-state index is 0.205. The first-order valence-corrected chi connectivity index (χ1v) is 7.20. The van der Waals surface area contributed by atoms with Crippen molar-refractivity contribution in [1.82, 2.24) is 5.32 Å². The van der Waals surface area contributed by atoms with Crippen LogP contribution in [-0.2, 0) is 17.9 Å². The van der Waals surface area contributed by atoms with Crippen LogP contribution in [0.1, 0.15) is 21.5 Å². The lowest BCUT2D eigenvalue weighted by Gasteiger charge is -2.08. The summed E-state index contributed by atoms with van der Waals surface area (Å²) in [4.78, 5) is 12.0. The number of benzene rings is 2. The lowest BCUT2D eigenvalue weighted by Crippen LogP contribution is -2.23. The van der Waals surface area contributed by atoms with Gasteiger partial charge in [-0.05, 0) is 39.7 Å².